The fraction of sp³-hybridized carbons (Fsp3) is 0.158. The van der Waals surface area contributed by atoms with Crippen molar-refractivity contribution in [3.63, 3.8) is 0 Å². The molecule has 0 fully saturated rings. The fourth-order valence-corrected chi connectivity index (χ4v) is 12.1. The van der Waals surface area contributed by atoms with Crippen LogP contribution in [-0.4, -0.2) is 0 Å². The van der Waals surface area contributed by atoms with Crippen molar-refractivity contribution in [2.45, 2.75) is 57.3 Å². The Morgan fingerprint density at radius 2 is 1.27 bits per heavy atom. The van der Waals surface area contributed by atoms with Gasteiger partial charge in [0.05, 0.1) is 11.1 Å². The van der Waals surface area contributed by atoms with Crippen LogP contribution in [0.1, 0.15) is 80.0 Å². The first kappa shape index (κ1) is 34.8. The monoisotopic (exact) mass is 775 g/mol. The molecule has 0 N–H and O–H groups in total. The Morgan fingerprint density at radius 3 is 2.10 bits per heavy atom. The Hall–Kier alpha value is -6.22. The summed E-state index contributed by atoms with van der Waals surface area (Å²) in [6.45, 7) is 11.7. The number of benzene rings is 7. The van der Waals surface area contributed by atoms with Gasteiger partial charge in [0, 0.05) is 53.7 Å². The number of hydrogen-bond acceptors (Lipinski definition) is 2. The van der Waals surface area contributed by atoms with Crippen molar-refractivity contribution in [3.05, 3.63) is 215 Å². The van der Waals surface area contributed by atoms with Gasteiger partial charge in [-0.3, -0.25) is 0 Å². The van der Waals surface area contributed by atoms with Crippen LogP contribution in [0.5, 0.6) is 0 Å². The van der Waals surface area contributed by atoms with E-state index in [4.69, 9.17) is 0 Å². The van der Waals surface area contributed by atoms with Gasteiger partial charge in [0.2, 0.25) is 0 Å². The molecule has 7 aromatic carbocycles. The zero-order chi connectivity index (χ0) is 39.8. The number of anilines is 2. The van der Waals surface area contributed by atoms with Crippen molar-refractivity contribution in [1.82, 2.24) is 0 Å². The van der Waals surface area contributed by atoms with Gasteiger partial charge in [0.15, 0.2) is 0 Å². The van der Waals surface area contributed by atoms with Gasteiger partial charge in [-0.05, 0) is 97.8 Å². The molecule has 1 aliphatic heterocycles. The average Bonchev–Trinajstić information content (AvgIpc) is 3.83. The lowest BCUT2D eigenvalue weighted by Crippen LogP contribution is -2.33. The molecular weight excluding hydrogens is 731 g/mol. The molecule has 1 nitrogen and oxygen atoms in total. The van der Waals surface area contributed by atoms with Crippen LogP contribution in [0, 0.1) is 0 Å². The molecule has 2 bridgehead atoms. The van der Waals surface area contributed by atoms with Crippen LogP contribution in [0.15, 0.2) is 176 Å². The normalized spacial score (nSPS) is 18.3. The summed E-state index contributed by atoms with van der Waals surface area (Å²) >= 11 is 1.93. The van der Waals surface area contributed by atoms with Crippen molar-refractivity contribution >= 4 is 54.0 Å². The summed E-state index contributed by atoms with van der Waals surface area (Å²) in [7, 11) is 0. The molecule has 8 aromatic rings. The van der Waals surface area contributed by atoms with Crippen LogP contribution >= 0.6 is 11.3 Å². The van der Waals surface area contributed by atoms with Gasteiger partial charge in [-0.2, -0.15) is 0 Å². The van der Waals surface area contributed by atoms with Gasteiger partial charge in [-0.1, -0.05) is 174 Å². The summed E-state index contributed by atoms with van der Waals surface area (Å²) in [4.78, 5) is 2.68. The van der Waals surface area contributed by atoms with E-state index in [2.05, 4.69) is 209 Å². The quantitative estimate of drug-likeness (QED) is 0.173. The molecule has 2 heteroatoms. The van der Waals surface area contributed by atoms with E-state index in [-0.39, 0.29) is 16.2 Å². The molecule has 12 rings (SSSR count). The highest BCUT2D eigenvalue weighted by Gasteiger charge is 2.51. The van der Waals surface area contributed by atoms with Crippen molar-refractivity contribution in [2.75, 3.05) is 4.90 Å². The maximum Gasteiger partial charge on any atom is 0.0594 e. The van der Waals surface area contributed by atoms with Crippen LogP contribution in [0.3, 0.4) is 0 Å². The molecule has 0 saturated heterocycles. The topological polar surface area (TPSA) is 3.24 Å². The molecule has 3 aliphatic carbocycles. The number of rotatable bonds is 3. The number of fused-ring (bicyclic) bond motifs is 10. The van der Waals surface area contributed by atoms with Crippen LogP contribution < -0.4 is 4.90 Å². The molecule has 59 heavy (non-hydrogen) atoms. The average molecular weight is 776 g/mol. The third-order valence-electron chi connectivity index (χ3n) is 13.9. The Balaban J connectivity index is 1.17. The molecule has 0 amide bonds. The minimum absolute atomic E-state index is 0.103. The van der Waals surface area contributed by atoms with E-state index in [1.54, 1.807) is 0 Å². The lowest BCUT2D eigenvalue weighted by atomic mass is 9.72. The first-order chi connectivity index (χ1) is 28.6. The second-order valence-corrected chi connectivity index (χ2v) is 19.6. The van der Waals surface area contributed by atoms with Gasteiger partial charge in [-0.15, -0.1) is 11.3 Å². The molecule has 1 unspecified atom stereocenters. The van der Waals surface area contributed by atoms with Crippen molar-refractivity contribution in [3.8, 4) is 22.3 Å². The highest BCUT2D eigenvalue weighted by atomic mass is 32.1. The SMILES string of the molecule is CC(C)(C)c1ccc(-c2ccc3c(c2)C2=CC=CC4(C2)C(=C(c2cccc5c2sc2ccccc25)c2ccccc24)N3c2ccc3c(c2)C(C)(C)c2ccccc2-3)cc1. The predicted molar refractivity (Wildman–Crippen MR) is 252 cm³/mol. The van der Waals surface area contributed by atoms with Gasteiger partial charge in [0.1, 0.15) is 0 Å². The summed E-state index contributed by atoms with van der Waals surface area (Å²) in [6.07, 6.45) is 8.13. The van der Waals surface area contributed by atoms with Crippen molar-refractivity contribution in [2.24, 2.45) is 0 Å². The van der Waals surface area contributed by atoms with E-state index in [0.717, 1.165) is 6.42 Å². The summed E-state index contributed by atoms with van der Waals surface area (Å²) in [5, 5.41) is 2.66. The zero-order valence-corrected chi connectivity index (χ0v) is 35.0. The minimum atomic E-state index is -0.375. The lowest BCUT2D eigenvalue weighted by molar-refractivity contribution is 0.590. The van der Waals surface area contributed by atoms with E-state index in [9.17, 15) is 0 Å². The van der Waals surface area contributed by atoms with Gasteiger partial charge in [0.25, 0.3) is 0 Å². The Kier molecular flexibility index (Phi) is 7.17. The van der Waals surface area contributed by atoms with Crippen LogP contribution in [0.25, 0.3) is 53.6 Å². The standard InChI is InChI=1S/C57H45NS/c1-55(2,3)38-26-23-35(24-27-38)36-25-30-50-46(32-36)37-14-13-31-57(34-37)48-21-10-7-17-44(48)52(45-19-12-18-43-42-16-8-11-22-51(42)59-53(43)45)54(57)58(50)39-28-29-41-40-15-6-9-20-47(40)56(4,5)49(41)33-39/h6-33H,34H2,1-5H3. The first-order valence-corrected chi connectivity index (χ1v) is 21.9. The van der Waals surface area contributed by atoms with Crippen molar-refractivity contribution < 1.29 is 0 Å². The van der Waals surface area contributed by atoms with E-state index in [0.29, 0.717) is 0 Å². The molecule has 0 saturated carbocycles. The van der Waals surface area contributed by atoms with E-state index >= 15 is 0 Å². The fourth-order valence-electron chi connectivity index (χ4n) is 10.9. The van der Waals surface area contributed by atoms with Crippen LogP contribution in [-0.2, 0) is 16.2 Å². The number of nitrogens with zero attached hydrogens (tertiary/aromatic N) is 1. The predicted octanol–water partition coefficient (Wildman–Crippen LogP) is 15.5. The summed E-state index contributed by atoms with van der Waals surface area (Å²) in [5.74, 6) is 0. The highest BCUT2D eigenvalue weighted by Crippen LogP contribution is 2.62. The smallest absolute Gasteiger partial charge is 0.0594 e. The van der Waals surface area contributed by atoms with Crippen molar-refractivity contribution in [1.29, 1.82) is 0 Å². The molecule has 1 atom stereocenters. The molecular formula is C57H45NS. The largest absolute Gasteiger partial charge is 0.312 e. The Bertz CT molecular complexity index is 3190. The van der Waals surface area contributed by atoms with Gasteiger partial charge >= 0.3 is 0 Å². The van der Waals surface area contributed by atoms with E-state index in [1.807, 2.05) is 11.3 Å². The molecule has 0 radical (unpaired) electrons. The third kappa shape index (κ3) is 4.84. The van der Waals surface area contributed by atoms with Gasteiger partial charge < -0.3 is 4.90 Å². The zero-order valence-electron chi connectivity index (χ0n) is 34.2. The molecule has 284 valence electrons. The molecule has 4 aliphatic rings. The van der Waals surface area contributed by atoms with E-state index < -0.39 is 0 Å². The molecule has 1 aromatic heterocycles. The number of hydrogen-bond donors (Lipinski definition) is 0. The second kappa shape index (κ2) is 12.2. The minimum Gasteiger partial charge on any atom is -0.312 e. The number of thiophene rings is 1. The summed E-state index contributed by atoms with van der Waals surface area (Å²) in [6, 6.07) is 57.9. The maximum atomic E-state index is 2.68. The Morgan fingerprint density at radius 1 is 0.576 bits per heavy atom. The van der Waals surface area contributed by atoms with Crippen LogP contribution in [0.4, 0.5) is 11.4 Å². The molecule has 1 spiro atoms. The molecule has 2 heterocycles. The van der Waals surface area contributed by atoms with Crippen LogP contribution in [0.2, 0.25) is 0 Å². The number of allylic oxidation sites excluding steroid dienone is 4. The lowest BCUT2D eigenvalue weighted by Gasteiger charge is -2.38. The highest BCUT2D eigenvalue weighted by molar-refractivity contribution is 7.26. The third-order valence-corrected chi connectivity index (χ3v) is 15.1. The second-order valence-electron chi connectivity index (χ2n) is 18.5. The van der Waals surface area contributed by atoms with Gasteiger partial charge in [-0.25, -0.2) is 0 Å². The summed E-state index contributed by atoms with van der Waals surface area (Å²) in [5.41, 5.74) is 20.7. The Labute approximate surface area is 351 Å². The van der Waals surface area contributed by atoms with E-state index in [1.165, 1.54) is 110 Å². The first-order valence-electron chi connectivity index (χ1n) is 21.1. The maximum absolute atomic E-state index is 2.68. The summed E-state index contributed by atoms with van der Waals surface area (Å²) < 4.78 is 2.68.